The molecular formula is C14H9BrN2OS. The fourth-order valence-corrected chi connectivity index (χ4v) is 3.39. The molecular weight excluding hydrogens is 324 g/mol. The fraction of sp³-hybridized carbons (Fsp3) is 0. The highest BCUT2D eigenvalue weighted by Gasteiger charge is 2.15. The lowest BCUT2D eigenvalue weighted by Crippen LogP contribution is -1.93. The Labute approximate surface area is 122 Å². The molecule has 3 rings (SSSR count). The molecule has 3 aromatic rings. The van der Waals surface area contributed by atoms with Crippen molar-refractivity contribution < 1.29 is 4.79 Å². The van der Waals surface area contributed by atoms with Crippen molar-refractivity contribution in [3.05, 3.63) is 58.0 Å². The number of aldehydes is 1. The van der Waals surface area contributed by atoms with Gasteiger partial charge in [-0.2, -0.15) is 5.10 Å². The number of aromatic nitrogens is 2. The van der Waals surface area contributed by atoms with Gasteiger partial charge in [0.2, 0.25) is 0 Å². The number of rotatable bonds is 3. The molecule has 19 heavy (non-hydrogen) atoms. The van der Waals surface area contributed by atoms with E-state index in [-0.39, 0.29) is 0 Å². The SMILES string of the molecule is O=Cc1cn(-c2ccccc2)nc1-c1sccc1Br. The summed E-state index contributed by atoms with van der Waals surface area (Å²) in [6.45, 7) is 0. The van der Waals surface area contributed by atoms with Gasteiger partial charge in [-0.3, -0.25) is 4.79 Å². The third-order valence-electron chi connectivity index (χ3n) is 2.72. The minimum atomic E-state index is 0.590. The van der Waals surface area contributed by atoms with Crippen molar-refractivity contribution in [1.82, 2.24) is 9.78 Å². The van der Waals surface area contributed by atoms with Crippen LogP contribution in [-0.4, -0.2) is 16.1 Å². The van der Waals surface area contributed by atoms with Crippen molar-refractivity contribution in [2.24, 2.45) is 0 Å². The molecule has 0 aliphatic heterocycles. The Morgan fingerprint density at radius 1 is 1.21 bits per heavy atom. The van der Waals surface area contributed by atoms with Gasteiger partial charge in [0.25, 0.3) is 0 Å². The van der Waals surface area contributed by atoms with Gasteiger partial charge in [-0.25, -0.2) is 4.68 Å². The number of hydrogen-bond acceptors (Lipinski definition) is 3. The molecule has 0 spiro atoms. The van der Waals surface area contributed by atoms with Gasteiger partial charge in [0.05, 0.1) is 16.1 Å². The second-order valence-electron chi connectivity index (χ2n) is 3.93. The summed E-state index contributed by atoms with van der Waals surface area (Å²) in [4.78, 5) is 12.2. The number of halogens is 1. The van der Waals surface area contributed by atoms with Gasteiger partial charge in [-0.1, -0.05) is 18.2 Å². The molecule has 0 fully saturated rings. The first-order valence-electron chi connectivity index (χ1n) is 5.63. The number of carbonyl (C=O) groups is 1. The summed E-state index contributed by atoms with van der Waals surface area (Å²) in [6, 6.07) is 11.7. The Balaban J connectivity index is 2.15. The number of hydrogen-bond donors (Lipinski definition) is 0. The molecule has 0 saturated heterocycles. The van der Waals surface area contributed by atoms with E-state index in [1.165, 1.54) is 0 Å². The van der Waals surface area contributed by atoms with Crippen LogP contribution in [0.25, 0.3) is 16.3 Å². The maximum absolute atomic E-state index is 11.2. The van der Waals surface area contributed by atoms with Gasteiger partial charge in [0.15, 0.2) is 6.29 Å². The normalized spacial score (nSPS) is 10.6. The van der Waals surface area contributed by atoms with Crippen LogP contribution in [0.5, 0.6) is 0 Å². The molecule has 0 atom stereocenters. The average molecular weight is 333 g/mol. The van der Waals surface area contributed by atoms with Crippen LogP contribution >= 0.6 is 27.3 Å². The predicted octanol–water partition coefficient (Wildman–Crippen LogP) is 4.18. The monoisotopic (exact) mass is 332 g/mol. The number of para-hydroxylation sites is 1. The molecule has 0 amide bonds. The molecule has 0 aliphatic rings. The molecule has 5 heteroatoms. The zero-order valence-corrected chi connectivity index (χ0v) is 12.2. The predicted molar refractivity (Wildman–Crippen MR) is 80.0 cm³/mol. The lowest BCUT2D eigenvalue weighted by atomic mass is 10.2. The van der Waals surface area contributed by atoms with Gasteiger partial charge in [0.1, 0.15) is 5.69 Å². The summed E-state index contributed by atoms with van der Waals surface area (Å²) < 4.78 is 2.68. The molecule has 0 saturated carbocycles. The maximum atomic E-state index is 11.2. The number of thiophene rings is 1. The van der Waals surface area contributed by atoms with Gasteiger partial charge in [-0.05, 0) is 39.5 Å². The van der Waals surface area contributed by atoms with E-state index in [0.29, 0.717) is 11.3 Å². The molecule has 2 heterocycles. The summed E-state index contributed by atoms with van der Waals surface area (Å²) >= 11 is 5.04. The zero-order valence-electron chi connectivity index (χ0n) is 9.79. The Hall–Kier alpha value is -1.72. The van der Waals surface area contributed by atoms with E-state index in [0.717, 1.165) is 21.3 Å². The van der Waals surface area contributed by atoms with Gasteiger partial charge >= 0.3 is 0 Å². The van der Waals surface area contributed by atoms with Crippen molar-refractivity contribution in [1.29, 1.82) is 0 Å². The van der Waals surface area contributed by atoms with Crippen LogP contribution < -0.4 is 0 Å². The summed E-state index contributed by atoms with van der Waals surface area (Å²) in [7, 11) is 0. The van der Waals surface area contributed by atoms with Crippen LogP contribution in [0.2, 0.25) is 0 Å². The van der Waals surface area contributed by atoms with Crippen LogP contribution in [0.1, 0.15) is 10.4 Å². The number of carbonyl (C=O) groups excluding carboxylic acids is 1. The van der Waals surface area contributed by atoms with E-state index in [1.807, 2.05) is 41.8 Å². The minimum Gasteiger partial charge on any atom is -0.298 e. The first kappa shape index (κ1) is 12.3. The van der Waals surface area contributed by atoms with E-state index in [9.17, 15) is 4.79 Å². The second-order valence-corrected chi connectivity index (χ2v) is 5.70. The Morgan fingerprint density at radius 3 is 2.63 bits per heavy atom. The third-order valence-corrected chi connectivity index (χ3v) is 4.57. The smallest absolute Gasteiger partial charge is 0.153 e. The molecule has 3 nitrogen and oxygen atoms in total. The largest absolute Gasteiger partial charge is 0.298 e. The van der Waals surface area contributed by atoms with E-state index >= 15 is 0 Å². The molecule has 0 aliphatic carbocycles. The van der Waals surface area contributed by atoms with Crippen LogP contribution in [0.4, 0.5) is 0 Å². The van der Waals surface area contributed by atoms with Crippen molar-refractivity contribution in [2.45, 2.75) is 0 Å². The summed E-state index contributed by atoms with van der Waals surface area (Å²) in [5.74, 6) is 0. The second kappa shape index (κ2) is 5.11. The number of benzene rings is 1. The summed E-state index contributed by atoms with van der Waals surface area (Å²) in [6.07, 6.45) is 2.60. The topological polar surface area (TPSA) is 34.9 Å². The average Bonchev–Trinajstić information content (AvgIpc) is 3.05. The van der Waals surface area contributed by atoms with Crippen LogP contribution in [0.3, 0.4) is 0 Å². The van der Waals surface area contributed by atoms with Gasteiger partial charge in [0, 0.05) is 10.7 Å². The zero-order chi connectivity index (χ0) is 13.2. The van der Waals surface area contributed by atoms with Crippen LogP contribution in [0, 0.1) is 0 Å². The van der Waals surface area contributed by atoms with Crippen molar-refractivity contribution in [3.63, 3.8) is 0 Å². The quantitative estimate of drug-likeness (QED) is 0.674. The molecule has 1 aromatic carbocycles. The Kier molecular flexibility index (Phi) is 3.31. The lowest BCUT2D eigenvalue weighted by molar-refractivity contribution is 0.112. The molecule has 0 radical (unpaired) electrons. The van der Waals surface area contributed by atoms with Gasteiger partial charge < -0.3 is 0 Å². The van der Waals surface area contributed by atoms with E-state index in [2.05, 4.69) is 21.0 Å². The highest BCUT2D eigenvalue weighted by Crippen LogP contribution is 2.34. The van der Waals surface area contributed by atoms with Crippen molar-refractivity contribution in [2.75, 3.05) is 0 Å². The molecule has 94 valence electrons. The summed E-state index contributed by atoms with van der Waals surface area (Å²) in [5.41, 5.74) is 2.23. The van der Waals surface area contributed by atoms with Crippen LogP contribution in [0.15, 0.2) is 52.4 Å². The Bertz CT molecular complexity index is 718. The van der Waals surface area contributed by atoms with Gasteiger partial charge in [-0.15, -0.1) is 11.3 Å². The standard InChI is InChI=1S/C14H9BrN2OS/c15-12-6-7-19-14(12)13-10(9-18)8-17(16-13)11-4-2-1-3-5-11/h1-9H. The van der Waals surface area contributed by atoms with Crippen LogP contribution in [-0.2, 0) is 0 Å². The molecule has 0 N–H and O–H groups in total. The first-order valence-corrected chi connectivity index (χ1v) is 7.30. The first-order chi connectivity index (χ1) is 9.29. The van der Waals surface area contributed by atoms with Crippen molar-refractivity contribution >= 4 is 33.6 Å². The number of nitrogens with zero attached hydrogens (tertiary/aromatic N) is 2. The molecule has 0 bridgehead atoms. The van der Waals surface area contributed by atoms with Crippen molar-refractivity contribution in [3.8, 4) is 16.3 Å². The molecule has 2 aromatic heterocycles. The third kappa shape index (κ3) is 2.27. The van der Waals surface area contributed by atoms with E-state index in [1.54, 1.807) is 22.2 Å². The van der Waals surface area contributed by atoms with E-state index in [4.69, 9.17) is 0 Å². The van der Waals surface area contributed by atoms with E-state index < -0.39 is 0 Å². The summed E-state index contributed by atoms with van der Waals surface area (Å²) in [5, 5.41) is 6.49. The lowest BCUT2D eigenvalue weighted by Gasteiger charge is -1.99. The highest BCUT2D eigenvalue weighted by molar-refractivity contribution is 9.10. The maximum Gasteiger partial charge on any atom is 0.153 e. The Morgan fingerprint density at radius 2 is 2.00 bits per heavy atom. The minimum absolute atomic E-state index is 0.590. The molecule has 0 unspecified atom stereocenters. The fourth-order valence-electron chi connectivity index (χ4n) is 1.83. The highest BCUT2D eigenvalue weighted by atomic mass is 79.9.